The average Bonchev–Trinajstić information content (AvgIpc) is 2.46. The normalized spacial score (nSPS) is 10.8. The summed E-state index contributed by atoms with van der Waals surface area (Å²) in [5.74, 6) is 0.972. The number of imidazole rings is 1. The number of fused-ring (bicyclic) bond motifs is 1. The molecule has 0 aliphatic heterocycles. The van der Waals surface area contributed by atoms with Crippen molar-refractivity contribution in [2.24, 2.45) is 7.05 Å². The van der Waals surface area contributed by atoms with Crippen molar-refractivity contribution >= 4 is 22.4 Å². The maximum atomic E-state index is 5.97. The number of rotatable bonds is 1. The molecule has 4 nitrogen and oxygen atoms in total. The Morgan fingerprint density at radius 3 is 2.79 bits per heavy atom. The minimum atomic E-state index is 0.716. The van der Waals surface area contributed by atoms with Gasteiger partial charge in [-0.15, -0.1) is 0 Å². The summed E-state index contributed by atoms with van der Waals surface area (Å²) in [4.78, 5) is 4.42. The molecule has 0 atom stereocenters. The molecule has 14 heavy (non-hydrogen) atoms. The third kappa shape index (κ3) is 1.04. The van der Waals surface area contributed by atoms with Crippen molar-refractivity contribution in [1.82, 2.24) is 9.55 Å². The van der Waals surface area contributed by atoms with E-state index in [1.54, 1.807) is 0 Å². The Kier molecular flexibility index (Phi) is 1.84. The van der Waals surface area contributed by atoms with Crippen LogP contribution in [-0.4, -0.2) is 16.6 Å². The smallest absolute Gasteiger partial charge is 0.114 e. The second-order valence-electron chi connectivity index (χ2n) is 3.36. The molecule has 0 radical (unpaired) electrons. The summed E-state index contributed by atoms with van der Waals surface area (Å²) in [5, 5.41) is 3.04. The summed E-state index contributed by atoms with van der Waals surface area (Å²) in [6.07, 6.45) is 0. The third-order valence-electron chi connectivity index (χ3n) is 2.59. The number of anilines is 2. The van der Waals surface area contributed by atoms with Gasteiger partial charge in [0.05, 0.1) is 16.9 Å². The molecule has 2 rings (SSSR count). The van der Waals surface area contributed by atoms with Gasteiger partial charge in [0, 0.05) is 14.1 Å². The highest BCUT2D eigenvalue weighted by molar-refractivity contribution is 5.94. The molecule has 1 heterocycles. The van der Waals surface area contributed by atoms with Crippen LogP contribution in [0, 0.1) is 6.92 Å². The molecule has 0 saturated heterocycles. The van der Waals surface area contributed by atoms with E-state index in [-0.39, 0.29) is 0 Å². The second kappa shape index (κ2) is 2.90. The molecule has 3 N–H and O–H groups in total. The monoisotopic (exact) mass is 190 g/mol. The van der Waals surface area contributed by atoms with E-state index in [0.717, 1.165) is 22.5 Å². The van der Waals surface area contributed by atoms with E-state index in [0.29, 0.717) is 5.69 Å². The van der Waals surface area contributed by atoms with E-state index in [1.165, 1.54) is 0 Å². The zero-order valence-corrected chi connectivity index (χ0v) is 8.63. The molecule has 1 aromatic carbocycles. The standard InChI is InChI=1S/C10H14N4/c1-6-13-10-8(14(6)3)5-4-7(12-2)9(10)11/h4-5,12H,11H2,1-3H3. The fraction of sp³-hybridized carbons (Fsp3) is 0.300. The Morgan fingerprint density at radius 1 is 1.43 bits per heavy atom. The molecule has 74 valence electrons. The predicted molar refractivity (Wildman–Crippen MR) is 59.4 cm³/mol. The Labute approximate surface area is 82.7 Å². The van der Waals surface area contributed by atoms with Crippen LogP contribution in [0.3, 0.4) is 0 Å². The van der Waals surface area contributed by atoms with E-state index in [2.05, 4.69) is 10.3 Å². The van der Waals surface area contributed by atoms with Gasteiger partial charge >= 0.3 is 0 Å². The van der Waals surface area contributed by atoms with E-state index in [9.17, 15) is 0 Å². The number of nitrogen functional groups attached to an aromatic ring is 1. The van der Waals surface area contributed by atoms with Crippen molar-refractivity contribution < 1.29 is 0 Å². The highest BCUT2D eigenvalue weighted by Crippen LogP contribution is 2.27. The summed E-state index contributed by atoms with van der Waals surface area (Å²) < 4.78 is 2.03. The molecule has 0 amide bonds. The maximum absolute atomic E-state index is 5.97. The molecular formula is C10H14N4. The van der Waals surface area contributed by atoms with Crippen LogP contribution in [0.2, 0.25) is 0 Å². The minimum Gasteiger partial charge on any atom is -0.395 e. The first-order chi connectivity index (χ1) is 6.65. The van der Waals surface area contributed by atoms with E-state index < -0.39 is 0 Å². The Morgan fingerprint density at radius 2 is 2.14 bits per heavy atom. The van der Waals surface area contributed by atoms with Crippen LogP contribution in [0.4, 0.5) is 11.4 Å². The van der Waals surface area contributed by atoms with Gasteiger partial charge < -0.3 is 15.6 Å². The zero-order chi connectivity index (χ0) is 10.3. The highest BCUT2D eigenvalue weighted by Gasteiger charge is 2.09. The number of benzene rings is 1. The first kappa shape index (κ1) is 8.87. The Balaban J connectivity index is 2.83. The van der Waals surface area contributed by atoms with Crippen LogP contribution in [0.1, 0.15) is 5.82 Å². The molecule has 0 aliphatic carbocycles. The lowest BCUT2D eigenvalue weighted by Gasteiger charge is -2.04. The van der Waals surface area contributed by atoms with Crippen molar-refractivity contribution in [1.29, 1.82) is 0 Å². The SMILES string of the molecule is CNc1ccc2c(nc(C)n2C)c1N. The summed E-state index contributed by atoms with van der Waals surface area (Å²) in [7, 11) is 3.84. The van der Waals surface area contributed by atoms with Crippen molar-refractivity contribution in [3.05, 3.63) is 18.0 Å². The van der Waals surface area contributed by atoms with Crippen LogP contribution < -0.4 is 11.1 Å². The Bertz CT molecular complexity index is 484. The fourth-order valence-corrected chi connectivity index (χ4v) is 1.61. The number of aryl methyl sites for hydroxylation is 2. The molecule has 1 aromatic heterocycles. The van der Waals surface area contributed by atoms with Crippen LogP contribution in [0.25, 0.3) is 11.0 Å². The molecule has 0 unspecified atom stereocenters. The van der Waals surface area contributed by atoms with Crippen molar-refractivity contribution in [3.8, 4) is 0 Å². The number of aromatic nitrogens is 2. The average molecular weight is 190 g/mol. The lowest BCUT2D eigenvalue weighted by molar-refractivity contribution is 0.886. The second-order valence-corrected chi connectivity index (χ2v) is 3.36. The first-order valence-electron chi connectivity index (χ1n) is 4.54. The van der Waals surface area contributed by atoms with Crippen molar-refractivity contribution in [2.75, 3.05) is 18.1 Å². The Hall–Kier alpha value is -1.71. The van der Waals surface area contributed by atoms with Crippen molar-refractivity contribution in [2.45, 2.75) is 6.92 Å². The largest absolute Gasteiger partial charge is 0.395 e. The number of hydrogen-bond donors (Lipinski definition) is 2. The minimum absolute atomic E-state index is 0.716. The molecule has 0 spiro atoms. The summed E-state index contributed by atoms with van der Waals surface area (Å²) in [6, 6.07) is 4.00. The van der Waals surface area contributed by atoms with Gasteiger partial charge in [-0.2, -0.15) is 0 Å². The highest BCUT2D eigenvalue weighted by atomic mass is 15.1. The van der Waals surface area contributed by atoms with Gasteiger partial charge in [0.2, 0.25) is 0 Å². The zero-order valence-electron chi connectivity index (χ0n) is 8.63. The lowest BCUT2D eigenvalue weighted by atomic mass is 10.2. The summed E-state index contributed by atoms with van der Waals surface area (Å²) in [5.41, 5.74) is 9.56. The van der Waals surface area contributed by atoms with Gasteiger partial charge in [0.25, 0.3) is 0 Å². The number of nitrogens with two attached hydrogens (primary N) is 1. The molecule has 0 aliphatic rings. The van der Waals surface area contributed by atoms with Crippen LogP contribution in [0.15, 0.2) is 12.1 Å². The molecule has 0 fully saturated rings. The van der Waals surface area contributed by atoms with Crippen LogP contribution in [0.5, 0.6) is 0 Å². The van der Waals surface area contributed by atoms with Gasteiger partial charge in [0.1, 0.15) is 11.3 Å². The summed E-state index contributed by atoms with van der Waals surface area (Å²) in [6.45, 7) is 1.97. The lowest BCUT2D eigenvalue weighted by Crippen LogP contribution is -1.96. The first-order valence-corrected chi connectivity index (χ1v) is 4.54. The summed E-state index contributed by atoms with van der Waals surface area (Å²) >= 11 is 0. The number of hydrogen-bond acceptors (Lipinski definition) is 3. The van der Waals surface area contributed by atoms with Gasteiger partial charge in [-0.1, -0.05) is 0 Å². The molecular weight excluding hydrogens is 176 g/mol. The predicted octanol–water partition coefficient (Wildman–Crippen LogP) is 1.51. The topological polar surface area (TPSA) is 55.9 Å². The van der Waals surface area contributed by atoms with Crippen LogP contribution in [-0.2, 0) is 7.05 Å². The third-order valence-corrected chi connectivity index (χ3v) is 2.59. The molecule has 4 heteroatoms. The molecule has 0 bridgehead atoms. The van der Waals surface area contributed by atoms with E-state index >= 15 is 0 Å². The molecule has 2 aromatic rings. The van der Waals surface area contributed by atoms with Crippen LogP contribution >= 0.6 is 0 Å². The quantitative estimate of drug-likeness (QED) is 0.670. The molecule has 0 saturated carbocycles. The van der Waals surface area contributed by atoms with Crippen molar-refractivity contribution in [3.63, 3.8) is 0 Å². The van der Waals surface area contributed by atoms with Gasteiger partial charge in [0.15, 0.2) is 0 Å². The number of nitrogens with one attached hydrogen (secondary N) is 1. The fourth-order valence-electron chi connectivity index (χ4n) is 1.61. The maximum Gasteiger partial charge on any atom is 0.114 e. The van der Waals surface area contributed by atoms with Gasteiger partial charge in [-0.3, -0.25) is 0 Å². The van der Waals surface area contributed by atoms with E-state index in [1.807, 2.05) is 37.7 Å². The van der Waals surface area contributed by atoms with Gasteiger partial charge in [-0.25, -0.2) is 4.98 Å². The van der Waals surface area contributed by atoms with E-state index in [4.69, 9.17) is 5.73 Å². The number of nitrogens with zero attached hydrogens (tertiary/aromatic N) is 2. The van der Waals surface area contributed by atoms with Gasteiger partial charge in [-0.05, 0) is 19.1 Å².